The molecule has 0 bridgehead atoms. The number of hydrogen-bond donors (Lipinski definition) is 1. The van der Waals surface area contributed by atoms with E-state index in [0.717, 1.165) is 25.9 Å². The quantitative estimate of drug-likeness (QED) is 0.714. The van der Waals surface area contributed by atoms with Crippen molar-refractivity contribution in [2.75, 3.05) is 18.4 Å². The van der Waals surface area contributed by atoms with Gasteiger partial charge in [-0.2, -0.15) is 0 Å². The zero-order chi connectivity index (χ0) is 19.4. The van der Waals surface area contributed by atoms with E-state index in [0.29, 0.717) is 26.5 Å². The monoisotopic (exact) mass is 450 g/mol. The molecule has 1 saturated heterocycles. The topological polar surface area (TPSA) is 58.6 Å². The molecule has 5 nitrogen and oxygen atoms in total. The standard InChI is InChI=1S/C20H20BrClN2O3/c1-13(27-18-9-6-15(22)12-17(18)21)19(25)23-16-7-4-14(5-8-16)20(26)24-10-2-3-11-24/h4-9,12-13H,2-3,10-11H2,1H3,(H,23,25)/t13-/m0/s1. The van der Waals surface area contributed by atoms with Crippen LogP contribution in [0.4, 0.5) is 5.69 Å². The normalized spacial score (nSPS) is 14.7. The molecule has 1 aliphatic heterocycles. The lowest BCUT2D eigenvalue weighted by atomic mass is 10.2. The largest absolute Gasteiger partial charge is 0.480 e. The average Bonchev–Trinajstić information content (AvgIpc) is 3.18. The van der Waals surface area contributed by atoms with Gasteiger partial charge in [-0.3, -0.25) is 9.59 Å². The van der Waals surface area contributed by atoms with Gasteiger partial charge in [0.25, 0.3) is 11.8 Å². The number of nitrogens with zero attached hydrogens (tertiary/aromatic N) is 1. The van der Waals surface area contributed by atoms with E-state index in [2.05, 4.69) is 21.2 Å². The summed E-state index contributed by atoms with van der Waals surface area (Å²) in [4.78, 5) is 26.6. The summed E-state index contributed by atoms with van der Waals surface area (Å²) in [5.74, 6) is 0.291. The van der Waals surface area contributed by atoms with Gasteiger partial charge < -0.3 is 15.0 Å². The Kier molecular flexibility index (Phi) is 6.39. The van der Waals surface area contributed by atoms with Gasteiger partial charge in [-0.05, 0) is 78.2 Å². The van der Waals surface area contributed by atoms with Crippen molar-refractivity contribution in [3.63, 3.8) is 0 Å². The Hall–Kier alpha value is -2.05. The molecule has 3 rings (SSSR count). The Labute approximate surface area is 171 Å². The molecule has 1 heterocycles. The van der Waals surface area contributed by atoms with Crippen LogP contribution in [0, 0.1) is 0 Å². The number of hydrogen-bond acceptors (Lipinski definition) is 3. The van der Waals surface area contributed by atoms with Crippen LogP contribution in [-0.4, -0.2) is 35.9 Å². The van der Waals surface area contributed by atoms with E-state index in [1.165, 1.54) is 0 Å². The molecule has 0 radical (unpaired) electrons. The summed E-state index contributed by atoms with van der Waals surface area (Å²) in [7, 11) is 0. The fourth-order valence-electron chi connectivity index (χ4n) is 2.86. The number of amides is 2. The van der Waals surface area contributed by atoms with Crippen LogP contribution in [0.5, 0.6) is 5.75 Å². The Bertz CT molecular complexity index is 836. The minimum absolute atomic E-state index is 0.0367. The summed E-state index contributed by atoms with van der Waals surface area (Å²) in [6, 6.07) is 12.0. The zero-order valence-electron chi connectivity index (χ0n) is 14.9. The van der Waals surface area contributed by atoms with Gasteiger partial charge in [-0.1, -0.05) is 11.6 Å². The van der Waals surface area contributed by atoms with E-state index in [4.69, 9.17) is 16.3 Å². The second-order valence-corrected chi connectivity index (χ2v) is 7.69. The number of nitrogens with one attached hydrogen (secondary N) is 1. The van der Waals surface area contributed by atoms with E-state index < -0.39 is 6.10 Å². The lowest BCUT2D eigenvalue weighted by Gasteiger charge is -2.17. The van der Waals surface area contributed by atoms with Crippen molar-refractivity contribution in [1.82, 2.24) is 4.90 Å². The molecule has 2 aromatic carbocycles. The summed E-state index contributed by atoms with van der Waals surface area (Å²) in [6.07, 6.45) is 1.41. The van der Waals surface area contributed by atoms with Crippen molar-refractivity contribution in [1.29, 1.82) is 0 Å². The molecule has 1 atom stereocenters. The number of rotatable bonds is 5. The molecular weight excluding hydrogens is 432 g/mol. The summed E-state index contributed by atoms with van der Waals surface area (Å²) < 4.78 is 6.37. The van der Waals surface area contributed by atoms with Crippen LogP contribution in [0.2, 0.25) is 5.02 Å². The third-order valence-corrected chi connectivity index (χ3v) is 5.21. The van der Waals surface area contributed by atoms with E-state index in [9.17, 15) is 9.59 Å². The van der Waals surface area contributed by atoms with Crippen LogP contribution in [-0.2, 0) is 4.79 Å². The van der Waals surface area contributed by atoms with E-state index >= 15 is 0 Å². The van der Waals surface area contributed by atoms with Gasteiger partial charge in [0.1, 0.15) is 5.75 Å². The first-order valence-corrected chi connectivity index (χ1v) is 9.93. The number of carbonyl (C=O) groups excluding carboxylic acids is 2. The Morgan fingerprint density at radius 2 is 1.81 bits per heavy atom. The first kappa shape index (κ1) is 19.7. The average molecular weight is 452 g/mol. The maximum Gasteiger partial charge on any atom is 0.265 e. The van der Waals surface area contributed by atoms with Gasteiger partial charge in [0.2, 0.25) is 0 Å². The second kappa shape index (κ2) is 8.76. The number of benzene rings is 2. The molecule has 0 unspecified atom stereocenters. The summed E-state index contributed by atoms with van der Waals surface area (Å²) in [5, 5.41) is 3.38. The van der Waals surface area contributed by atoms with Crippen LogP contribution in [0.1, 0.15) is 30.1 Å². The number of carbonyl (C=O) groups is 2. The van der Waals surface area contributed by atoms with Gasteiger partial charge in [0.15, 0.2) is 6.10 Å². The molecule has 27 heavy (non-hydrogen) atoms. The Balaban J connectivity index is 1.59. The molecule has 2 aromatic rings. The van der Waals surface area contributed by atoms with Crippen molar-refractivity contribution in [3.05, 3.63) is 57.5 Å². The van der Waals surface area contributed by atoms with Gasteiger partial charge >= 0.3 is 0 Å². The minimum atomic E-state index is -0.701. The molecule has 1 aliphatic rings. The molecule has 1 N–H and O–H groups in total. The maximum absolute atomic E-state index is 12.4. The van der Waals surface area contributed by atoms with Gasteiger partial charge in [0.05, 0.1) is 4.47 Å². The maximum atomic E-state index is 12.4. The highest BCUT2D eigenvalue weighted by atomic mass is 79.9. The second-order valence-electron chi connectivity index (χ2n) is 6.40. The van der Waals surface area contributed by atoms with Crippen LogP contribution in [0.15, 0.2) is 46.9 Å². The third-order valence-electron chi connectivity index (χ3n) is 4.36. The van der Waals surface area contributed by atoms with E-state index in [1.54, 1.807) is 49.4 Å². The molecule has 142 valence electrons. The highest BCUT2D eigenvalue weighted by molar-refractivity contribution is 9.10. The third kappa shape index (κ3) is 5.02. The van der Waals surface area contributed by atoms with Gasteiger partial charge in [0, 0.05) is 29.4 Å². The molecule has 0 saturated carbocycles. The van der Waals surface area contributed by atoms with Crippen molar-refractivity contribution in [3.8, 4) is 5.75 Å². The van der Waals surface area contributed by atoms with Crippen LogP contribution in [0.25, 0.3) is 0 Å². The predicted octanol–water partition coefficient (Wildman–Crippen LogP) is 4.74. The Morgan fingerprint density at radius 3 is 2.44 bits per heavy atom. The van der Waals surface area contributed by atoms with Crippen molar-refractivity contribution >= 4 is 45.0 Å². The number of ether oxygens (including phenoxy) is 1. The van der Waals surface area contributed by atoms with E-state index in [1.807, 2.05) is 4.90 Å². The highest BCUT2D eigenvalue weighted by Crippen LogP contribution is 2.29. The molecule has 0 aromatic heterocycles. The van der Waals surface area contributed by atoms with Crippen molar-refractivity contribution in [2.45, 2.75) is 25.9 Å². The molecule has 7 heteroatoms. The first-order chi connectivity index (χ1) is 12.9. The van der Waals surface area contributed by atoms with Crippen LogP contribution in [0.3, 0.4) is 0 Å². The minimum Gasteiger partial charge on any atom is -0.480 e. The molecule has 2 amide bonds. The zero-order valence-corrected chi connectivity index (χ0v) is 17.2. The van der Waals surface area contributed by atoms with Crippen LogP contribution >= 0.6 is 27.5 Å². The first-order valence-electron chi connectivity index (χ1n) is 8.76. The lowest BCUT2D eigenvalue weighted by Crippen LogP contribution is -2.30. The molecule has 0 aliphatic carbocycles. The van der Waals surface area contributed by atoms with Crippen molar-refractivity contribution < 1.29 is 14.3 Å². The molecule has 1 fully saturated rings. The smallest absolute Gasteiger partial charge is 0.265 e. The fourth-order valence-corrected chi connectivity index (χ4v) is 3.63. The highest BCUT2D eigenvalue weighted by Gasteiger charge is 2.20. The summed E-state index contributed by atoms with van der Waals surface area (Å²) in [5.41, 5.74) is 1.24. The SMILES string of the molecule is C[C@H](Oc1ccc(Cl)cc1Br)C(=O)Nc1ccc(C(=O)N2CCCC2)cc1. The lowest BCUT2D eigenvalue weighted by molar-refractivity contribution is -0.122. The van der Waals surface area contributed by atoms with E-state index in [-0.39, 0.29) is 11.8 Å². The van der Waals surface area contributed by atoms with Crippen molar-refractivity contribution in [2.24, 2.45) is 0 Å². The van der Waals surface area contributed by atoms with Gasteiger partial charge in [-0.25, -0.2) is 0 Å². The summed E-state index contributed by atoms with van der Waals surface area (Å²) >= 11 is 9.27. The molecular formula is C20H20BrClN2O3. The fraction of sp³-hybridized carbons (Fsp3) is 0.300. The van der Waals surface area contributed by atoms with Crippen LogP contribution < -0.4 is 10.1 Å². The number of likely N-dealkylation sites (tertiary alicyclic amines) is 1. The van der Waals surface area contributed by atoms with Gasteiger partial charge in [-0.15, -0.1) is 0 Å². The predicted molar refractivity (Wildman–Crippen MR) is 109 cm³/mol. The summed E-state index contributed by atoms with van der Waals surface area (Å²) in [6.45, 7) is 3.29. The number of halogens is 2. The molecule has 0 spiro atoms. The Morgan fingerprint density at radius 1 is 1.15 bits per heavy atom. The number of anilines is 1.